The highest BCUT2D eigenvalue weighted by atomic mass is 32.1. The van der Waals surface area contributed by atoms with E-state index in [1.165, 1.54) is 12.8 Å². The third-order valence-electron chi connectivity index (χ3n) is 5.69. The number of hydrogen-bond donors (Lipinski definition) is 1. The van der Waals surface area contributed by atoms with Crippen LogP contribution in [0.1, 0.15) is 44.5 Å². The zero-order valence-corrected chi connectivity index (χ0v) is 14.1. The van der Waals surface area contributed by atoms with Gasteiger partial charge in [-0.05, 0) is 44.1 Å². The number of nitrogens with zero attached hydrogens (tertiary/aromatic N) is 1. The van der Waals surface area contributed by atoms with E-state index in [9.17, 15) is 0 Å². The van der Waals surface area contributed by atoms with Crippen LogP contribution in [0.2, 0.25) is 0 Å². The van der Waals surface area contributed by atoms with Gasteiger partial charge in [0.2, 0.25) is 0 Å². The topological polar surface area (TPSA) is 34.1 Å². The van der Waals surface area contributed by atoms with Crippen molar-refractivity contribution in [3.05, 3.63) is 28.2 Å². The second-order valence-corrected chi connectivity index (χ2v) is 7.65. The lowest BCUT2D eigenvalue weighted by Crippen LogP contribution is -2.47. The Balaban J connectivity index is 1.64. The summed E-state index contributed by atoms with van der Waals surface area (Å²) in [5.41, 5.74) is 1.98. The Bertz CT molecular complexity index is 499. The molecule has 1 fully saturated rings. The molecule has 0 saturated heterocycles. The van der Waals surface area contributed by atoms with Gasteiger partial charge in [-0.3, -0.25) is 0 Å². The molecule has 0 bridgehead atoms. The second-order valence-electron chi connectivity index (χ2n) is 6.67. The zero-order valence-electron chi connectivity index (χ0n) is 13.3. The second kappa shape index (κ2) is 6.19. The summed E-state index contributed by atoms with van der Waals surface area (Å²) >= 11 is 1.68. The summed E-state index contributed by atoms with van der Waals surface area (Å²) in [6, 6.07) is 0.617. The van der Waals surface area contributed by atoms with Crippen molar-refractivity contribution in [1.82, 2.24) is 10.3 Å². The SMILES string of the molecule is CNC1CC=C2CC(OCc3nccs3)CCC2(C)C1C. The molecule has 1 N–H and O–H groups in total. The third kappa shape index (κ3) is 2.94. The van der Waals surface area contributed by atoms with Gasteiger partial charge in [-0.1, -0.05) is 25.5 Å². The summed E-state index contributed by atoms with van der Waals surface area (Å²) in [5.74, 6) is 0.697. The fourth-order valence-corrected chi connectivity index (χ4v) is 4.52. The first-order valence-corrected chi connectivity index (χ1v) is 8.88. The molecule has 2 aliphatic carbocycles. The standard InChI is InChI=1S/C17H26N2OS/c1-12-15(18-3)5-4-13-10-14(6-7-17(12,13)2)20-11-16-19-8-9-21-16/h4,8-9,12,14-15,18H,5-7,10-11H2,1-3H3. The number of nitrogens with one attached hydrogen (secondary N) is 1. The van der Waals surface area contributed by atoms with E-state index in [-0.39, 0.29) is 0 Å². The summed E-state index contributed by atoms with van der Waals surface area (Å²) in [6.07, 6.45) is 9.35. The van der Waals surface area contributed by atoms with Crippen molar-refractivity contribution in [2.45, 2.75) is 58.3 Å². The van der Waals surface area contributed by atoms with Crippen LogP contribution in [0.3, 0.4) is 0 Å². The van der Waals surface area contributed by atoms with Gasteiger partial charge >= 0.3 is 0 Å². The van der Waals surface area contributed by atoms with Crippen LogP contribution in [-0.2, 0) is 11.3 Å². The fourth-order valence-electron chi connectivity index (χ4n) is 3.98. The molecule has 0 amide bonds. The van der Waals surface area contributed by atoms with E-state index >= 15 is 0 Å². The highest BCUT2D eigenvalue weighted by Gasteiger charge is 2.44. The summed E-state index contributed by atoms with van der Waals surface area (Å²) < 4.78 is 6.10. The molecule has 3 rings (SSSR count). The van der Waals surface area contributed by atoms with Gasteiger partial charge in [-0.25, -0.2) is 4.98 Å². The lowest BCUT2D eigenvalue weighted by molar-refractivity contribution is -0.00222. The van der Waals surface area contributed by atoms with Crippen LogP contribution in [0.5, 0.6) is 0 Å². The first-order valence-electron chi connectivity index (χ1n) is 8.00. The van der Waals surface area contributed by atoms with E-state index in [0.29, 0.717) is 30.1 Å². The van der Waals surface area contributed by atoms with Crippen molar-refractivity contribution in [3.63, 3.8) is 0 Å². The molecule has 4 heteroatoms. The fraction of sp³-hybridized carbons (Fsp3) is 0.706. The first kappa shape index (κ1) is 15.2. The quantitative estimate of drug-likeness (QED) is 0.860. The largest absolute Gasteiger partial charge is 0.371 e. The number of fused-ring (bicyclic) bond motifs is 1. The van der Waals surface area contributed by atoms with E-state index in [2.05, 4.69) is 37.3 Å². The smallest absolute Gasteiger partial charge is 0.118 e. The van der Waals surface area contributed by atoms with Crippen molar-refractivity contribution >= 4 is 11.3 Å². The summed E-state index contributed by atoms with van der Waals surface area (Å²) in [5, 5.41) is 6.59. The summed E-state index contributed by atoms with van der Waals surface area (Å²) in [6.45, 7) is 5.52. The van der Waals surface area contributed by atoms with Gasteiger partial charge in [0.05, 0.1) is 12.7 Å². The molecular weight excluding hydrogens is 280 g/mol. The average Bonchev–Trinajstić information content (AvgIpc) is 3.00. The van der Waals surface area contributed by atoms with Gasteiger partial charge in [0.1, 0.15) is 5.01 Å². The highest BCUT2D eigenvalue weighted by Crippen LogP contribution is 2.50. The molecule has 0 spiro atoms. The normalized spacial score (nSPS) is 36.1. The van der Waals surface area contributed by atoms with Crippen LogP contribution >= 0.6 is 11.3 Å². The highest BCUT2D eigenvalue weighted by molar-refractivity contribution is 7.09. The van der Waals surface area contributed by atoms with E-state index in [1.54, 1.807) is 16.9 Å². The van der Waals surface area contributed by atoms with Gasteiger partial charge in [0, 0.05) is 17.6 Å². The molecule has 1 aromatic rings. The predicted octanol–water partition coefficient (Wildman–Crippen LogP) is 3.77. The third-order valence-corrected chi connectivity index (χ3v) is 6.44. The maximum atomic E-state index is 6.10. The Morgan fingerprint density at radius 3 is 3.10 bits per heavy atom. The molecule has 1 heterocycles. The Morgan fingerprint density at radius 1 is 1.52 bits per heavy atom. The molecular formula is C17H26N2OS. The monoisotopic (exact) mass is 306 g/mol. The van der Waals surface area contributed by atoms with Gasteiger partial charge in [-0.15, -0.1) is 11.3 Å². The van der Waals surface area contributed by atoms with Gasteiger partial charge in [-0.2, -0.15) is 0 Å². The van der Waals surface area contributed by atoms with Crippen LogP contribution in [0.25, 0.3) is 0 Å². The number of ether oxygens (including phenoxy) is 1. The zero-order chi connectivity index (χ0) is 14.9. The van der Waals surface area contributed by atoms with Crippen molar-refractivity contribution in [1.29, 1.82) is 0 Å². The van der Waals surface area contributed by atoms with Crippen molar-refractivity contribution in [2.24, 2.45) is 11.3 Å². The minimum atomic E-state index is 0.354. The van der Waals surface area contributed by atoms with Gasteiger partial charge in [0.25, 0.3) is 0 Å². The van der Waals surface area contributed by atoms with E-state index in [4.69, 9.17) is 4.74 Å². The Hall–Kier alpha value is -0.710. The molecule has 4 atom stereocenters. The molecule has 21 heavy (non-hydrogen) atoms. The van der Waals surface area contributed by atoms with Gasteiger partial charge in [0.15, 0.2) is 0 Å². The van der Waals surface area contributed by atoms with Crippen LogP contribution in [0.4, 0.5) is 0 Å². The summed E-state index contributed by atoms with van der Waals surface area (Å²) in [7, 11) is 2.09. The molecule has 0 aromatic carbocycles. The molecule has 2 aliphatic rings. The molecule has 1 aromatic heterocycles. The number of hydrogen-bond acceptors (Lipinski definition) is 4. The van der Waals surface area contributed by atoms with Crippen LogP contribution in [0, 0.1) is 11.3 Å². The lowest BCUT2D eigenvalue weighted by atomic mass is 9.59. The molecule has 1 saturated carbocycles. The number of rotatable bonds is 4. The number of thiazole rings is 1. The molecule has 4 unspecified atom stereocenters. The Morgan fingerprint density at radius 2 is 2.38 bits per heavy atom. The minimum Gasteiger partial charge on any atom is -0.371 e. The van der Waals surface area contributed by atoms with Crippen molar-refractivity contribution < 1.29 is 4.74 Å². The lowest BCUT2D eigenvalue weighted by Gasteiger charge is -2.49. The van der Waals surface area contributed by atoms with Gasteiger partial charge < -0.3 is 10.1 Å². The molecule has 3 nitrogen and oxygen atoms in total. The summed E-state index contributed by atoms with van der Waals surface area (Å²) in [4.78, 5) is 4.30. The Kier molecular flexibility index (Phi) is 4.48. The average molecular weight is 306 g/mol. The van der Waals surface area contributed by atoms with Crippen molar-refractivity contribution in [2.75, 3.05) is 7.05 Å². The van der Waals surface area contributed by atoms with Crippen LogP contribution < -0.4 is 5.32 Å². The first-order chi connectivity index (χ1) is 10.1. The molecule has 116 valence electrons. The molecule has 0 aliphatic heterocycles. The molecule has 0 radical (unpaired) electrons. The maximum absolute atomic E-state index is 6.10. The van der Waals surface area contributed by atoms with E-state index in [1.807, 2.05) is 11.6 Å². The minimum absolute atomic E-state index is 0.354. The van der Waals surface area contributed by atoms with Crippen LogP contribution in [0.15, 0.2) is 23.2 Å². The van der Waals surface area contributed by atoms with Crippen LogP contribution in [-0.4, -0.2) is 24.2 Å². The Labute approximate surface area is 131 Å². The predicted molar refractivity (Wildman–Crippen MR) is 87.4 cm³/mol. The van der Waals surface area contributed by atoms with E-state index < -0.39 is 0 Å². The maximum Gasteiger partial charge on any atom is 0.118 e. The number of aromatic nitrogens is 1. The van der Waals surface area contributed by atoms with Crippen molar-refractivity contribution in [3.8, 4) is 0 Å². The van der Waals surface area contributed by atoms with E-state index in [0.717, 1.165) is 17.8 Å².